The van der Waals surface area contributed by atoms with Crippen LogP contribution in [0.2, 0.25) is 0 Å². The van der Waals surface area contributed by atoms with Gasteiger partial charge in [0.05, 0.1) is 11.8 Å². The Hall–Kier alpha value is -2.38. The van der Waals surface area contributed by atoms with Crippen molar-refractivity contribution in [1.29, 1.82) is 0 Å². The van der Waals surface area contributed by atoms with Crippen molar-refractivity contribution in [2.75, 3.05) is 0 Å². The number of hydrogen-bond acceptors (Lipinski definition) is 3. The quantitative estimate of drug-likeness (QED) is 0.496. The molecule has 0 aromatic heterocycles. The molecule has 4 bridgehead atoms. The summed E-state index contributed by atoms with van der Waals surface area (Å²) in [5.74, 6) is 1.05. The predicted octanol–water partition coefficient (Wildman–Crippen LogP) is 4.51. The highest BCUT2D eigenvalue weighted by molar-refractivity contribution is 5.91. The summed E-state index contributed by atoms with van der Waals surface area (Å²) in [6, 6.07) is 4.22. The van der Waals surface area contributed by atoms with E-state index in [1.165, 1.54) is 37.5 Å². The second-order valence-electron chi connectivity index (χ2n) is 10.2. The van der Waals surface area contributed by atoms with E-state index in [2.05, 4.69) is 15.8 Å². The largest absolute Gasteiger partial charge is 0.417 e. The van der Waals surface area contributed by atoms with Crippen LogP contribution in [0, 0.1) is 29.1 Å². The van der Waals surface area contributed by atoms with Crippen molar-refractivity contribution in [1.82, 2.24) is 10.7 Å². The molecule has 8 heteroatoms. The monoisotopic (exact) mass is 449 g/mol. The minimum atomic E-state index is -4.51. The van der Waals surface area contributed by atoms with Crippen molar-refractivity contribution in [3.8, 4) is 0 Å². The smallest absolute Gasteiger partial charge is 0.344 e. The van der Waals surface area contributed by atoms with Gasteiger partial charge in [0.1, 0.15) is 6.04 Å². The average Bonchev–Trinajstić information content (AvgIpc) is 2.70. The van der Waals surface area contributed by atoms with E-state index in [1.54, 1.807) is 0 Å². The number of carbonyl (C=O) groups is 2. The third-order valence-corrected chi connectivity index (χ3v) is 7.40. The fraction of sp³-hybridized carbons (Fsp3) is 0.625. The Morgan fingerprint density at radius 2 is 1.62 bits per heavy atom. The number of benzene rings is 1. The molecule has 2 N–H and O–H groups in total. The minimum absolute atomic E-state index is 0.0585. The maximum Gasteiger partial charge on any atom is 0.417 e. The SMILES string of the molecule is CC(C)C(NC(=O)C12CC3CC(CC(C3)C1)C2)C(=O)N/N=C\c1ccccc1C(F)(F)F. The van der Waals surface area contributed by atoms with E-state index in [-0.39, 0.29) is 22.8 Å². The number of alkyl halides is 3. The Kier molecular flexibility index (Phi) is 6.07. The van der Waals surface area contributed by atoms with Crippen LogP contribution in [0.15, 0.2) is 29.4 Å². The first-order valence-electron chi connectivity index (χ1n) is 11.4. The third-order valence-electron chi connectivity index (χ3n) is 7.40. The Morgan fingerprint density at radius 3 is 2.16 bits per heavy atom. The Morgan fingerprint density at radius 1 is 1.06 bits per heavy atom. The summed E-state index contributed by atoms with van der Waals surface area (Å²) in [5, 5.41) is 6.70. The molecule has 2 amide bonds. The van der Waals surface area contributed by atoms with Crippen molar-refractivity contribution in [3.63, 3.8) is 0 Å². The van der Waals surface area contributed by atoms with E-state index in [0.29, 0.717) is 17.8 Å². The minimum Gasteiger partial charge on any atom is -0.344 e. The van der Waals surface area contributed by atoms with Gasteiger partial charge >= 0.3 is 6.18 Å². The second-order valence-corrected chi connectivity index (χ2v) is 10.2. The highest BCUT2D eigenvalue weighted by Gasteiger charge is 2.55. The molecule has 0 spiro atoms. The standard InChI is InChI=1S/C24H30F3N3O2/c1-14(2)20(21(31)30-28-13-18-5-3-4-6-19(18)24(25,26)27)29-22(32)23-10-15-7-16(11-23)9-17(8-15)12-23/h3-6,13-17,20H,7-12H2,1-2H3,(H,29,32)(H,30,31)/b28-13-. The number of nitrogens with zero attached hydrogens (tertiary/aromatic N) is 1. The van der Waals surface area contributed by atoms with Crippen molar-refractivity contribution in [2.45, 2.75) is 64.6 Å². The van der Waals surface area contributed by atoms with Gasteiger partial charge < -0.3 is 5.32 Å². The van der Waals surface area contributed by atoms with Crippen LogP contribution in [0.3, 0.4) is 0 Å². The molecular formula is C24H30F3N3O2. The molecule has 4 saturated carbocycles. The van der Waals surface area contributed by atoms with Crippen LogP contribution < -0.4 is 10.7 Å². The molecule has 1 aromatic carbocycles. The maximum atomic E-state index is 13.3. The summed E-state index contributed by atoms with van der Waals surface area (Å²) in [6.07, 6.45) is 2.80. The van der Waals surface area contributed by atoms with Gasteiger partial charge in [0.25, 0.3) is 5.91 Å². The number of rotatable bonds is 6. The summed E-state index contributed by atoms with van der Waals surface area (Å²) >= 11 is 0. The topological polar surface area (TPSA) is 70.6 Å². The molecule has 4 aliphatic rings. The zero-order valence-corrected chi connectivity index (χ0v) is 18.4. The summed E-state index contributed by atoms with van der Waals surface area (Å²) in [6.45, 7) is 3.65. The molecule has 1 aromatic rings. The number of halogens is 3. The number of hydrogen-bond donors (Lipinski definition) is 2. The first-order valence-corrected chi connectivity index (χ1v) is 11.4. The van der Waals surface area contributed by atoms with Gasteiger partial charge in [-0.25, -0.2) is 5.43 Å². The molecule has 0 heterocycles. The van der Waals surface area contributed by atoms with Crippen LogP contribution >= 0.6 is 0 Å². The van der Waals surface area contributed by atoms with Gasteiger partial charge in [-0.15, -0.1) is 0 Å². The van der Waals surface area contributed by atoms with E-state index in [0.717, 1.165) is 31.5 Å². The molecule has 5 nitrogen and oxygen atoms in total. The zero-order chi connectivity index (χ0) is 23.1. The van der Waals surface area contributed by atoms with Gasteiger partial charge in [-0.3, -0.25) is 9.59 Å². The summed E-state index contributed by atoms with van der Waals surface area (Å²) in [5.41, 5.74) is 0.976. The lowest BCUT2D eigenvalue weighted by Gasteiger charge is -2.55. The Balaban J connectivity index is 1.42. The van der Waals surface area contributed by atoms with Crippen LogP contribution in [0.5, 0.6) is 0 Å². The molecule has 0 saturated heterocycles. The maximum absolute atomic E-state index is 13.3. The molecule has 0 aliphatic heterocycles. The number of nitrogens with one attached hydrogen (secondary N) is 2. The van der Waals surface area contributed by atoms with Gasteiger partial charge in [0.15, 0.2) is 0 Å². The van der Waals surface area contributed by atoms with Gasteiger partial charge in [-0.05, 0) is 68.3 Å². The summed E-state index contributed by atoms with van der Waals surface area (Å²) < 4.78 is 39.4. The van der Waals surface area contributed by atoms with Crippen LogP contribution in [0.4, 0.5) is 13.2 Å². The number of carbonyl (C=O) groups excluding carboxylic acids is 2. The van der Waals surface area contributed by atoms with Crippen LogP contribution in [0.1, 0.15) is 63.5 Å². The molecule has 4 fully saturated rings. The van der Waals surface area contributed by atoms with Crippen molar-refractivity contribution in [2.24, 2.45) is 34.2 Å². The van der Waals surface area contributed by atoms with Crippen LogP contribution in [-0.4, -0.2) is 24.1 Å². The molecular weight excluding hydrogens is 419 g/mol. The molecule has 4 aliphatic carbocycles. The van der Waals surface area contributed by atoms with Gasteiger partial charge in [0.2, 0.25) is 5.91 Å². The molecule has 1 unspecified atom stereocenters. The Bertz CT molecular complexity index is 875. The molecule has 32 heavy (non-hydrogen) atoms. The summed E-state index contributed by atoms with van der Waals surface area (Å²) in [4.78, 5) is 26.1. The molecule has 1 atom stereocenters. The Labute approximate surface area is 186 Å². The van der Waals surface area contributed by atoms with Crippen molar-refractivity contribution in [3.05, 3.63) is 35.4 Å². The zero-order valence-electron chi connectivity index (χ0n) is 18.4. The van der Waals surface area contributed by atoms with Crippen LogP contribution in [0.25, 0.3) is 0 Å². The van der Waals surface area contributed by atoms with Crippen LogP contribution in [-0.2, 0) is 15.8 Å². The predicted molar refractivity (Wildman–Crippen MR) is 115 cm³/mol. The van der Waals surface area contributed by atoms with E-state index in [9.17, 15) is 22.8 Å². The lowest BCUT2D eigenvalue weighted by molar-refractivity contribution is -0.149. The lowest BCUT2D eigenvalue weighted by atomic mass is 9.49. The highest BCUT2D eigenvalue weighted by atomic mass is 19.4. The fourth-order valence-corrected chi connectivity index (χ4v) is 6.32. The molecule has 5 rings (SSSR count). The first-order chi connectivity index (χ1) is 15.1. The van der Waals surface area contributed by atoms with E-state index < -0.39 is 23.7 Å². The van der Waals surface area contributed by atoms with Crippen molar-refractivity contribution >= 4 is 18.0 Å². The first kappa shape index (κ1) is 22.8. The molecule has 0 radical (unpaired) electrons. The van der Waals surface area contributed by atoms with Gasteiger partial charge in [0, 0.05) is 11.0 Å². The average molecular weight is 450 g/mol. The van der Waals surface area contributed by atoms with Crippen molar-refractivity contribution < 1.29 is 22.8 Å². The molecule has 174 valence electrons. The number of amides is 2. The van der Waals surface area contributed by atoms with E-state index >= 15 is 0 Å². The van der Waals surface area contributed by atoms with Gasteiger partial charge in [-0.2, -0.15) is 18.3 Å². The lowest BCUT2D eigenvalue weighted by Crippen LogP contribution is -2.58. The van der Waals surface area contributed by atoms with E-state index in [1.807, 2.05) is 13.8 Å². The van der Waals surface area contributed by atoms with E-state index in [4.69, 9.17) is 0 Å². The summed E-state index contributed by atoms with van der Waals surface area (Å²) in [7, 11) is 0. The normalized spacial score (nSPS) is 30.0. The number of hydrazone groups is 1. The highest BCUT2D eigenvalue weighted by Crippen LogP contribution is 2.60. The fourth-order valence-electron chi connectivity index (χ4n) is 6.32. The van der Waals surface area contributed by atoms with Gasteiger partial charge in [-0.1, -0.05) is 32.0 Å². The second kappa shape index (κ2) is 8.52. The third kappa shape index (κ3) is 4.55.